The fraction of sp³-hybridized carbons (Fsp3) is 0.267. The van der Waals surface area contributed by atoms with E-state index in [1.807, 2.05) is 30.3 Å². The van der Waals surface area contributed by atoms with Crippen LogP contribution in [0.25, 0.3) is 0 Å². The smallest absolute Gasteiger partial charge is 0.147 e. The van der Waals surface area contributed by atoms with Crippen molar-refractivity contribution in [3.05, 3.63) is 42.7 Å². The summed E-state index contributed by atoms with van der Waals surface area (Å²) in [6.45, 7) is 3.07. The van der Waals surface area contributed by atoms with Gasteiger partial charge in [-0.25, -0.2) is 0 Å². The number of benzene rings is 1. The fourth-order valence-corrected chi connectivity index (χ4v) is 2.03. The normalized spacial score (nSPS) is 10.2. The molecular weight excluding hydrogens is 256 g/mol. The van der Waals surface area contributed by atoms with E-state index in [-0.39, 0.29) is 0 Å². The van der Waals surface area contributed by atoms with Crippen LogP contribution < -0.4 is 10.1 Å². The Morgan fingerprint density at radius 1 is 1.16 bits per heavy atom. The molecule has 1 heterocycles. The maximum Gasteiger partial charge on any atom is 0.147 e. The van der Waals surface area contributed by atoms with Crippen molar-refractivity contribution in [2.75, 3.05) is 18.1 Å². The summed E-state index contributed by atoms with van der Waals surface area (Å²) < 4.78 is 5.79. The molecule has 0 aliphatic rings. The Morgan fingerprint density at radius 2 is 1.95 bits per heavy atom. The molecule has 0 saturated carbocycles. The molecule has 0 spiro atoms. The van der Waals surface area contributed by atoms with Crippen molar-refractivity contribution in [3.63, 3.8) is 0 Å². The molecule has 0 amide bonds. The van der Waals surface area contributed by atoms with Gasteiger partial charge in [0.1, 0.15) is 11.5 Å². The number of nitrogens with one attached hydrogen (secondary N) is 1. The molecular formula is C15H18N2OS. The zero-order valence-electron chi connectivity index (χ0n) is 11.2. The van der Waals surface area contributed by atoms with Crippen molar-refractivity contribution in [1.29, 1.82) is 0 Å². The first-order chi connectivity index (χ1) is 9.31. The fourth-order valence-electron chi connectivity index (χ4n) is 1.62. The average molecular weight is 274 g/mol. The van der Waals surface area contributed by atoms with E-state index in [2.05, 4.69) is 23.5 Å². The van der Waals surface area contributed by atoms with Gasteiger partial charge in [-0.15, -0.1) is 11.8 Å². The van der Waals surface area contributed by atoms with Crippen molar-refractivity contribution in [2.45, 2.75) is 18.2 Å². The van der Waals surface area contributed by atoms with Gasteiger partial charge in [0.25, 0.3) is 0 Å². The van der Waals surface area contributed by atoms with Gasteiger partial charge in [0.05, 0.1) is 18.1 Å². The highest BCUT2D eigenvalue weighted by atomic mass is 32.2. The minimum atomic E-state index is 0.748. The molecule has 0 aliphatic heterocycles. The van der Waals surface area contributed by atoms with Crippen molar-refractivity contribution >= 4 is 17.4 Å². The van der Waals surface area contributed by atoms with E-state index in [9.17, 15) is 0 Å². The summed E-state index contributed by atoms with van der Waals surface area (Å²) in [4.78, 5) is 5.40. The van der Waals surface area contributed by atoms with E-state index in [1.165, 1.54) is 4.90 Å². The largest absolute Gasteiger partial charge is 0.456 e. The van der Waals surface area contributed by atoms with Gasteiger partial charge in [-0.3, -0.25) is 4.98 Å². The van der Waals surface area contributed by atoms with Gasteiger partial charge in [-0.2, -0.15) is 0 Å². The van der Waals surface area contributed by atoms with Gasteiger partial charge in [-0.1, -0.05) is 6.92 Å². The predicted octanol–water partition coefficient (Wildman–Crippen LogP) is 4.42. The van der Waals surface area contributed by atoms with Gasteiger partial charge in [-0.05, 0) is 36.9 Å². The molecule has 3 nitrogen and oxygen atoms in total. The third kappa shape index (κ3) is 4.17. The van der Waals surface area contributed by atoms with Crippen molar-refractivity contribution in [2.24, 2.45) is 0 Å². The van der Waals surface area contributed by atoms with Crippen LogP contribution in [0.15, 0.2) is 47.6 Å². The van der Waals surface area contributed by atoms with Crippen LogP contribution in [0.2, 0.25) is 0 Å². The Balaban J connectivity index is 2.05. The summed E-state index contributed by atoms with van der Waals surface area (Å²) in [5, 5.41) is 3.29. The molecule has 0 atom stereocenters. The lowest BCUT2D eigenvalue weighted by atomic mass is 10.3. The topological polar surface area (TPSA) is 34.2 Å². The van der Waals surface area contributed by atoms with E-state index >= 15 is 0 Å². The lowest BCUT2D eigenvalue weighted by molar-refractivity contribution is 0.480. The first kappa shape index (κ1) is 13.7. The number of pyridine rings is 1. The zero-order valence-corrected chi connectivity index (χ0v) is 12.0. The number of ether oxygens (including phenoxy) is 1. The predicted molar refractivity (Wildman–Crippen MR) is 81.3 cm³/mol. The summed E-state index contributed by atoms with van der Waals surface area (Å²) in [5.41, 5.74) is 0.986. The van der Waals surface area contributed by atoms with Crippen LogP contribution in [0, 0.1) is 0 Å². The van der Waals surface area contributed by atoms with Gasteiger partial charge in [0.15, 0.2) is 0 Å². The monoisotopic (exact) mass is 274 g/mol. The molecule has 1 aromatic carbocycles. The second kappa shape index (κ2) is 7.04. The summed E-state index contributed by atoms with van der Waals surface area (Å²) in [7, 11) is 0. The van der Waals surface area contributed by atoms with Crippen LogP contribution in [0.4, 0.5) is 5.69 Å². The maximum absolute atomic E-state index is 5.79. The van der Waals surface area contributed by atoms with Crippen LogP contribution in [0.1, 0.15) is 13.3 Å². The third-order valence-corrected chi connectivity index (χ3v) is 3.33. The quantitative estimate of drug-likeness (QED) is 0.791. The van der Waals surface area contributed by atoms with Gasteiger partial charge in [0, 0.05) is 17.5 Å². The second-order valence-electron chi connectivity index (χ2n) is 4.11. The van der Waals surface area contributed by atoms with Gasteiger partial charge >= 0.3 is 0 Å². The van der Waals surface area contributed by atoms with Crippen LogP contribution >= 0.6 is 11.8 Å². The van der Waals surface area contributed by atoms with Crippen molar-refractivity contribution in [3.8, 4) is 11.5 Å². The van der Waals surface area contributed by atoms with E-state index in [0.717, 1.165) is 30.2 Å². The second-order valence-corrected chi connectivity index (χ2v) is 4.99. The number of aromatic nitrogens is 1. The summed E-state index contributed by atoms with van der Waals surface area (Å²) >= 11 is 1.72. The van der Waals surface area contributed by atoms with Crippen molar-refractivity contribution < 1.29 is 4.74 Å². The highest BCUT2D eigenvalue weighted by molar-refractivity contribution is 7.98. The van der Waals surface area contributed by atoms with E-state index < -0.39 is 0 Å². The van der Waals surface area contributed by atoms with E-state index in [0.29, 0.717) is 0 Å². The molecule has 2 rings (SSSR count). The Morgan fingerprint density at radius 3 is 2.63 bits per heavy atom. The highest BCUT2D eigenvalue weighted by Gasteiger charge is 2.00. The molecule has 100 valence electrons. The first-order valence-electron chi connectivity index (χ1n) is 6.32. The molecule has 0 aliphatic carbocycles. The molecule has 1 aromatic heterocycles. The van der Waals surface area contributed by atoms with Crippen LogP contribution in [-0.4, -0.2) is 17.8 Å². The van der Waals surface area contributed by atoms with Crippen molar-refractivity contribution in [1.82, 2.24) is 4.98 Å². The average Bonchev–Trinajstić information content (AvgIpc) is 2.46. The summed E-state index contributed by atoms with van der Waals surface area (Å²) in [5.74, 6) is 1.57. The molecule has 0 radical (unpaired) electrons. The summed E-state index contributed by atoms with van der Waals surface area (Å²) in [6.07, 6.45) is 6.67. The third-order valence-electron chi connectivity index (χ3n) is 2.59. The number of anilines is 1. The Kier molecular flexibility index (Phi) is 5.10. The molecule has 0 saturated heterocycles. The molecule has 19 heavy (non-hydrogen) atoms. The standard InChI is InChI=1S/C15H18N2OS/c1-3-8-17-12-9-14(11-16-10-12)18-13-4-6-15(19-2)7-5-13/h4-7,9-11,17H,3,8H2,1-2H3. The minimum absolute atomic E-state index is 0.748. The number of rotatable bonds is 6. The van der Waals surface area contributed by atoms with E-state index in [1.54, 1.807) is 24.2 Å². The Hall–Kier alpha value is -1.68. The highest BCUT2D eigenvalue weighted by Crippen LogP contribution is 2.25. The van der Waals surface area contributed by atoms with E-state index in [4.69, 9.17) is 4.74 Å². The first-order valence-corrected chi connectivity index (χ1v) is 7.55. The van der Waals surface area contributed by atoms with Crippen LogP contribution in [0.3, 0.4) is 0 Å². The lowest BCUT2D eigenvalue weighted by Gasteiger charge is -2.08. The number of nitrogens with zero attached hydrogens (tertiary/aromatic N) is 1. The van der Waals surface area contributed by atoms with Crippen LogP contribution in [-0.2, 0) is 0 Å². The molecule has 1 N–H and O–H groups in total. The Bertz CT molecular complexity index is 514. The molecule has 0 fully saturated rings. The molecule has 0 bridgehead atoms. The SMILES string of the molecule is CCCNc1cncc(Oc2ccc(SC)cc2)c1. The van der Waals surface area contributed by atoms with Gasteiger partial charge < -0.3 is 10.1 Å². The number of thioether (sulfide) groups is 1. The zero-order chi connectivity index (χ0) is 13.5. The molecule has 2 aromatic rings. The Labute approximate surface area is 118 Å². The van der Waals surface area contributed by atoms with Crippen LogP contribution in [0.5, 0.6) is 11.5 Å². The molecule has 4 heteroatoms. The molecule has 0 unspecified atom stereocenters. The summed E-state index contributed by atoms with van der Waals surface area (Å²) in [6, 6.07) is 10.0. The number of hydrogen-bond acceptors (Lipinski definition) is 4. The lowest BCUT2D eigenvalue weighted by Crippen LogP contribution is -2.00. The van der Waals surface area contributed by atoms with Gasteiger partial charge in [0.2, 0.25) is 0 Å². The maximum atomic E-state index is 5.79. The number of hydrogen-bond donors (Lipinski definition) is 1. The minimum Gasteiger partial charge on any atom is -0.456 e.